The molecule has 0 atom stereocenters. The third kappa shape index (κ3) is 3.20. The molecule has 2 N–H and O–H groups in total. The highest BCUT2D eigenvalue weighted by atomic mass is 79.9. The van der Waals surface area contributed by atoms with Crippen LogP contribution in [0.3, 0.4) is 0 Å². The minimum atomic E-state index is -1.24. The normalized spacial score (nSPS) is 10.5. The molecule has 0 aromatic heterocycles. The zero-order valence-electron chi connectivity index (χ0n) is 9.55. The molecule has 0 aliphatic rings. The fourth-order valence-electron chi connectivity index (χ4n) is 1.54. The van der Waals surface area contributed by atoms with Crippen molar-refractivity contribution in [3.63, 3.8) is 0 Å². The molecular formula is C13H9BrF3NO. The Kier molecular flexibility index (Phi) is 3.99. The van der Waals surface area contributed by atoms with Gasteiger partial charge in [0.1, 0.15) is 11.6 Å². The Bertz CT molecular complexity index is 619. The summed E-state index contributed by atoms with van der Waals surface area (Å²) in [5.41, 5.74) is 0.330. The number of rotatable bonds is 3. The number of anilines is 1. The molecule has 0 saturated carbocycles. The van der Waals surface area contributed by atoms with E-state index in [9.17, 15) is 18.3 Å². The molecule has 0 aliphatic carbocycles. The number of phenolic OH excluding ortho intramolecular Hbond substituents is 1. The van der Waals surface area contributed by atoms with Crippen LogP contribution in [0.5, 0.6) is 5.75 Å². The molecule has 19 heavy (non-hydrogen) atoms. The van der Waals surface area contributed by atoms with Crippen LogP contribution in [0.4, 0.5) is 18.9 Å². The number of nitrogens with one attached hydrogen (secondary N) is 1. The predicted molar refractivity (Wildman–Crippen MR) is 69.4 cm³/mol. The Hall–Kier alpha value is -1.69. The Labute approximate surface area is 116 Å². The molecule has 6 heteroatoms. The second-order valence-corrected chi connectivity index (χ2v) is 4.79. The van der Waals surface area contributed by atoms with Crippen LogP contribution in [0.25, 0.3) is 0 Å². The van der Waals surface area contributed by atoms with Crippen LogP contribution in [0.1, 0.15) is 5.56 Å². The lowest BCUT2D eigenvalue weighted by atomic mass is 10.2. The molecule has 2 aromatic carbocycles. The van der Waals surface area contributed by atoms with Gasteiger partial charge in [-0.15, -0.1) is 0 Å². The van der Waals surface area contributed by atoms with Gasteiger partial charge < -0.3 is 10.4 Å². The summed E-state index contributed by atoms with van der Waals surface area (Å²) in [5.74, 6) is -3.25. The summed E-state index contributed by atoms with van der Waals surface area (Å²) in [6.07, 6.45) is 0. The average molecular weight is 332 g/mol. The number of phenols is 1. The fraction of sp³-hybridized carbons (Fsp3) is 0.0769. The molecule has 2 aromatic rings. The van der Waals surface area contributed by atoms with E-state index >= 15 is 0 Å². The van der Waals surface area contributed by atoms with E-state index in [4.69, 9.17) is 0 Å². The zero-order valence-corrected chi connectivity index (χ0v) is 11.1. The molecule has 2 rings (SSSR count). The lowest BCUT2D eigenvalue weighted by Gasteiger charge is -2.10. The second kappa shape index (κ2) is 5.52. The van der Waals surface area contributed by atoms with Crippen LogP contribution in [0.15, 0.2) is 34.8 Å². The third-order valence-electron chi connectivity index (χ3n) is 2.52. The first-order valence-electron chi connectivity index (χ1n) is 5.33. The van der Waals surface area contributed by atoms with Gasteiger partial charge in [-0.1, -0.05) is 15.9 Å². The van der Waals surface area contributed by atoms with E-state index in [1.807, 2.05) is 0 Å². The van der Waals surface area contributed by atoms with Gasteiger partial charge in [0.25, 0.3) is 0 Å². The van der Waals surface area contributed by atoms with Gasteiger partial charge >= 0.3 is 0 Å². The van der Waals surface area contributed by atoms with E-state index < -0.39 is 17.5 Å². The molecule has 0 heterocycles. The number of aromatic hydroxyl groups is 1. The SMILES string of the molecule is Oc1ccc(Br)cc1CNc1cc(F)c(F)cc1F. The lowest BCUT2D eigenvalue weighted by Crippen LogP contribution is -2.03. The highest BCUT2D eigenvalue weighted by Gasteiger charge is 2.10. The van der Waals surface area contributed by atoms with Crippen LogP contribution >= 0.6 is 15.9 Å². The third-order valence-corrected chi connectivity index (χ3v) is 3.01. The van der Waals surface area contributed by atoms with Crippen molar-refractivity contribution in [2.45, 2.75) is 6.54 Å². The molecule has 100 valence electrons. The molecule has 0 saturated heterocycles. The van der Waals surface area contributed by atoms with E-state index in [2.05, 4.69) is 21.2 Å². The van der Waals surface area contributed by atoms with Gasteiger partial charge in [-0.2, -0.15) is 0 Å². The summed E-state index contributed by atoms with van der Waals surface area (Å²) in [4.78, 5) is 0. The summed E-state index contributed by atoms with van der Waals surface area (Å²) in [7, 11) is 0. The molecule has 0 amide bonds. The molecule has 0 radical (unpaired) electrons. The van der Waals surface area contributed by atoms with E-state index in [0.29, 0.717) is 11.6 Å². The first-order valence-corrected chi connectivity index (χ1v) is 6.12. The van der Waals surface area contributed by atoms with Crippen molar-refractivity contribution in [1.29, 1.82) is 0 Å². The highest BCUT2D eigenvalue weighted by molar-refractivity contribution is 9.10. The van der Waals surface area contributed by atoms with E-state index in [-0.39, 0.29) is 18.0 Å². The van der Waals surface area contributed by atoms with E-state index in [0.717, 1.165) is 10.5 Å². The van der Waals surface area contributed by atoms with Gasteiger partial charge in [-0.05, 0) is 18.2 Å². The summed E-state index contributed by atoms with van der Waals surface area (Å²) >= 11 is 3.24. The Morgan fingerprint density at radius 2 is 1.68 bits per heavy atom. The molecule has 2 nitrogen and oxygen atoms in total. The number of benzene rings is 2. The monoisotopic (exact) mass is 331 g/mol. The minimum absolute atomic E-state index is 0.0266. The van der Waals surface area contributed by atoms with E-state index in [1.165, 1.54) is 6.07 Å². The average Bonchev–Trinajstić information content (AvgIpc) is 2.36. The number of halogens is 4. The Morgan fingerprint density at radius 3 is 2.42 bits per heavy atom. The quantitative estimate of drug-likeness (QED) is 0.827. The van der Waals surface area contributed by atoms with Gasteiger partial charge in [0.15, 0.2) is 11.6 Å². The maximum atomic E-state index is 13.4. The number of hydrogen-bond donors (Lipinski definition) is 2. The van der Waals surface area contributed by atoms with E-state index in [1.54, 1.807) is 12.1 Å². The van der Waals surface area contributed by atoms with Crippen LogP contribution in [0, 0.1) is 17.5 Å². The first kappa shape index (κ1) is 13.7. The molecule has 0 unspecified atom stereocenters. The predicted octanol–water partition coefficient (Wildman–Crippen LogP) is 4.18. The largest absolute Gasteiger partial charge is 0.508 e. The lowest BCUT2D eigenvalue weighted by molar-refractivity contribution is 0.468. The van der Waals surface area contributed by atoms with Crippen molar-refractivity contribution in [1.82, 2.24) is 0 Å². The summed E-state index contributed by atoms with van der Waals surface area (Å²) in [6, 6.07) is 5.97. The fourth-order valence-corrected chi connectivity index (χ4v) is 1.95. The van der Waals surface area contributed by atoms with Crippen molar-refractivity contribution < 1.29 is 18.3 Å². The summed E-state index contributed by atoms with van der Waals surface area (Å²) in [6.45, 7) is 0.0767. The first-order chi connectivity index (χ1) is 8.97. The highest BCUT2D eigenvalue weighted by Crippen LogP contribution is 2.24. The topological polar surface area (TPSA) is 32.3 Å². The molecule has 0 fully saturated rings. The van der Waals surface area contributed by atoms with Gasteiger partial charge in [0, 0.05) is 28.7 Å². The van der Waals surface area contributed by atoms with Crippen LogP contribution in [-0.2, 0) is 6.54 Å². The smallest absolute Gasteiger partial charge is 0.161 e. The molecule has 0 aliphatic heterocycles. The van der Waals surface area contributed by atoms with Crippen molar-refractivity contribution in [3.05, 3.63) is 57.8 Å². The molecule has 0 spiro atoms. The maximum Gasteiger partial charge on any atom is 0.161 e. The van der Waals surface area contributed by atoms with Gasteiger partial charge in [-0.3, -0.25) is 0 Å². The summed E-state index contributed by atoms with van der Waals surface area (Å²) in [5, 5.41) is 12.2. The Balaban J connectivity index is 2.19. The van der Waals surface area contributed by atoms with Gasteiger partial charge in [0.05, 0.1) is 5.69 Å². The second-order valence-electron chi connectivity index (χ2n) is 3.87. The van der Waals surface area contributed by atoms with Crippen LogP contribution in [-0.4, -0.2) is 5.11 Å². The van der Waals surface area contributed by atoms with Gasteiger partial charge in [-0.25, -0.2) is 13.2 Å². The zero-order chi connectivity index (χ0) is 14.0. The van der Waals surface area contributed by atoms with Gasteiger partial charge in [0.2, 0.25) is 0 Å². The van der Waals surface area contributed by atoms with Crippen molar-refractivity contribution in [2.24, 2.45) is 0 Å². The summed E-state index contributed by atoms with van der Waals surface area (Å²) < 4.78 is 39.9. The molecular weight excluding hydrogens is 323 g/mol. The van der Waals surface area contributed by atoms with Crippen molar-refractivity contribution >= 4 is 21.6 Å². The standard InChI is InChI=1S/C13H9BrF3NO/c14-8-1-2-13(19)7(3-8)6-18-12-5-10(16)9(15)4-11(12)17/h1-5,18-19H,6H2. The Morgan fingerprint density at radius 1 is 1.00 bits per heavy atom. The minimum Gasteiger partial charge on any atom is -0.508 e. The van der Waals surface area contributed by atoms with Crippen LogP contribution < -0.4 is 5.32 Å². The van der Waals surface area contributed by atoms with Crippen molar-refractivity contribution in [3.8, 4) is 5.75 Å². The number of hydrogen-bond acceptors (Lipinski definition) is 2. The maximum absolute atomic E-state index is 13.4. The van der Waals surface area contributed by atoms with Crippen molar-refractivity contribution in [2.75, 3.05) is 5.32 Å². The van der Waals surface area contributed by atoms with Crippen LogP contribution in [0.2, 0.25) is 0 Å². The molecule has 0 bridgehead atoms.